The van der Waals surface area contributed by atoms with E-state index in [-0.39, 0.29) is 11.6 Å². The van der Waals surface area contributed by atoms with E-state index in [1.807, 2.05) is 18.7 Å². The molecule has 1 aliphatic heterocycles. The van der Waals surface area contributed by atoms with Crippen LogP contribution in [-0.2, 0) is 4.79 Å². The lowest BCUT2D eigenvalue weighted by molar-refractivity contribution is -0.384. The van der Waals surface area contributed by atoms with Gasteiger partial charge < -0.3 is 9.64 Å². The van der Waals surface area contributed by atoms with Crippen molar-refractivity contribution in [1.29, 1.82) is 0 Å². The monoisotopic (exact) mass is 306 g/mol. The Morgan fingerprint density at radius 2 is 2.09 bits per heavy atom. The van der Waals surface area contributed by atoms with Crippen LogP contribution in [0.25, 0.3) is 0 Å². The van der Waals surface area contributed by atoms with Gasteiger partial charge >= 0.3 is 0 Å². The fourth-order valence-electron chi connectivity index (χ4n) is 2.69. The second kappa shape index (κ2) is 7.24. The molecule has 1 fully saturated rings. The molecule has 120 valence electrons. The van der Waals surface area contributed by atoms with Gasteiger partial charge in [0.15, 0.2) is 0 Å². The summed E-state index contributed by atoms with van der Waals surface area (Å²) >= 11 is 0. The SMILES string of the molecule is CCC(=O)N1CCC(COc2ccc([N+](=O)[O-])cc2C)CC1. The van der Waals surface area contributed by atoms with Crippen molar-refractivity contribution in [3.05, 3.63) is 33.9 Å². The third-order valence-corrected chi connectivity index (χ3v) is 4.11. The molecule has 22 heavy (non-hydrogen) atoms. The van der Waals surface area contributed by atoms with Gasteiger partial charge in [0, 0.05) is 31.6 Å². The molecule has 0 bridgehead atoms. The fourth-order valence-corrected chi connectivity index (χ4v) is 2.69. The number of hydrogen-bond acceptors (Lipinski definition) is 4. The summed E-state index contributed by atoms with van der Waals surface area (Å²) in [6.45, 7) is 5.87. The minimum atomic E-state index is -0.406. The van der Waals surface area contributed by atoms with Crippen LogP contribution in [0.2, 0.25) is 0 Å². The Kier molecular flexibility index (Phi) is 5.35. The Bertz CT molecular complexity index is 551. The van der Waals surface area contributed by atoms with Crippen molar-refractivity contribution >= 4 is 11.6 Å². The molecule has 0 spiro atoms. The van der Waals surface area contributed by atoms with Crippen molar-refractivity contribution < 1.29 is 14.5 Å². The van der Waals surface area contributed by atoms with Gasteiger partial charge in [-0.15, -0.1) is 0 Å². The number of nitro benzene ring substituents is 1. The van der Waals surface area contributed by atoms with Crippen LogP contribution in [0.3, 0.4) is 0 Å². The Balaban J connectivity index is 1.84. The third kappa shape index (κ3) is 3.96. The quantitative estimate of drug-likeness (QED) is 0.619. The van der Waals surface area contributed by atoms with Crippen LogP contribution in [0.5, 0.6) is 5.75 Å². The number of hydrogen-bond donors (Lipinski definition) is 0. The number of rotatable bonds is 5. The minimum Gasteiger partial charge on any atom is -0.493 e. The highest BCUT2D eigenvalue weighted by atomic mass is 16.6. The molecule has 1 amide bonds. The summed E-state index contributed by atoms with van der Waals surface area (Å²) in [5.74, 6) is 1.33. The number of amides is 1. The van der Waals surface area contributed by atoms with Gasteiger partial charge in [-0.3, -0.25) is 14.9 Å². The summed E-state index contributed by atoms with van der Waals surface area (Å²) < 4.78 is 5.81. The van der Waals surface area contributed by atoms with Crippen molar-refractivity contribution in [3.8, 4) is 5.75 Å². The molecule has 1 aliphatic rings. The molecule has 1 heterocycles. The molecule has 0 saturated carbocycles. The van der Waals surface area contributed by atoms with Crippen LogP contribution < -0.4 is 4.74 Å². The number of likely N-dealkylation sites (tertiary alicyclic amines) is 1. The van der Waals surface area contributed by atoms with E-state index in [0.29, 0.717) is 24.7 Å². The Hall–Kier alpha value is -2.11. The number of aryl methyl sites for hydroxylation is 1. The smallest absolute Gasteiger partial charge is 0.269 e. The molecule has 6 heteroatoms. The Labute approximate surface area is 130 Å². The maximum atomic E-state index is 11.6. The molecule has 0 aromatic heterocycles. The molecule has 2 rings (SSSR count). The second-order valence-electron chi connectivity index (χ2n) is 5.70. The summed E-state index contributed by atoms with van der Waals surface area (Å²) in [6.07, 6.45) is 2.44. The van der Waals surface area contributed by atoms with Gasteiger partial charge in [-0.25, -0.2) is 0 Å². The second-order valence-corrected chi connectivity index (χ2v) is 5.70. The first-order valence-electron chi connectivity index (χ1n) is 7.67. The molecule has 0 unspecified atom stereocenters. The molecule has 0 atom stereocenters. The summed E-state index contributed by atoms with van der Waals surface area (Å²) in [4.78, 5) is 23.8. The number of nitro groups is 1. The molecular formula is C16H22N2O4. The largest absolute Gasteiger partial charge is 0.493 e. The average molecular weight is 306 g/mol. The maximum absolute atomic E-state index is 11.6. The maximum Gasteiger partial charge on any atom is 0.269 e. The zero-order chi connectivity index (χ0) is 16.1. The van der Waals surface area contributed by atoms with Gasteiger partial charge in [-0.2, -0.15) is 0 Å². The van der Waals surface area contributed by atoms with Crippen LogP contribution >= 0.6 is 0 Å². The first kappa shape index (κ1) is 16.3. The van der Waals surface area contributed by atoms with E-state index in [1.54, 1.807) is 6.07 Å². The highest BCUT2D eigenvalue weighted by Gasteiger charge is 2.22. The number of non-ortho nitro benzene ring substituents is 1. The van der Waals surface area contributed by atoms with Crippen LogP contribution in [0.1, 0.15) is 31.7 Å². The van der Waals surface area contributed by atoms with E-state index in [0.717, 1.165) is 31.5 Å². The van der Waals surface area contributed by atoms with Gasteiger partial charge in [-0.1, -0.05) is 6.92 Å². The molecule has 1 saturated heterocycles. The molecule has 0 aliphatic carbocycles. The van der Waals surface area contributed by atoms with Crippen molar-refractivity contribution in [1.82, 2.24) is 4.90 Å². The van der Waals surface area contributed by atoms with Gasteiger partial charge in [-0.05, 0) is 37.3 Å². The number of benzene rings is 1. The fraction of sp³-hybridized carbons (Fsp3) is 0.562. The van der Waals surface area contributed by atoms with Crippen LogP contribution in [0.15, 0.2) is 18.2 Å². The van der Waals surface area contributed by atoms with Gasteiger partial charge in [0.1, 0.15) is 5.75 Å². The third-order valence-electron chi connectivity index (χ3n) is 4.11. The number of carbonyl (C=O) groups is 1. The molecule has 0 N–H and O–H groups in total. The first-order chi connectivity index (χ1) is 10.5. The number of carbonyl (C=O) groups excluding carboxylic acids is 1. The van der Waals surface area contributed by atoms with Crippen molar-refractivity contribution in [2.24, 2.45) is 5.92 Å². The molecule has 1 aromatic carbocycles. The van der Waals surface area contributed by atoms with E-state index in [9.17, 15) is 14.9 Å². The van der Waals surface area contributed by atoms with Crippen molar-refractivity contribution in [3.63, 3.8) is 0 Å². The van der Waals surface area contributed by atoms with Gasteiger partial charge in [0.05, 0.1) is 11.5 Å². The first-order valence-corrected chi connectivity index (χ1v) is 7.67. The zero-order valence-corrected chi connectivity index (χ0v) is 13.1. The van der Waals surface area contributed by atoms with E-state index in [2.05, 4.69) is 0 Å². The molecule has 0 radical (unpaired) electrons. The predicted octanol–water partition coefficient (Wildman–Crippen LogP) is 2.93. The van der Waals surface area contributed by atoms with Crippen LogP contribution in [0.4, 0.5) is 5.69 Å². The standard InChI is InChI=1S/C16H22N2O4/c1-3-16(19)17-8-6-13(7-9-17)11-22-15-5-4-14(18(20)21)10-12(15)2/h4-5,10,13H,3,6-9,11H2,1-2H3. The minimum absolute atomic E-state index is 0.0798. The number of nitrogens with zero attached hydrogens (tertiary/aromatic N) is 2. The van der Waals surface area contributed by atoms with E-state index >= 15 is 0 Å². The number of ether oxygens (including phenoxy) is 1. The predicted molar refractivity (Wildman–Crippen MR) is 82.9 cm³/mol. The van der Waals surface area contributed by atoms with E-state index < -0.39 is 4.92 Å². The van der Waals surface area contributed by atoms with Gasteiger partial charge in [0.2, 0.25) is 5.91 Å². The normalized spacial score (nSPS) is 15.6. The highest BCUT2D eigenvalue weighted by molar-refractivity contribution is 5.75. The van der Waals surface area contributed by atoms with Gasteiger partial charge in [0.25, 0.3) is 5.69 Å². The lowest BCUT2D eigenvalue weighted by atomic mass is 9.97. The Morgan fingerprint density at radius 3 is 2.64 bits per heavy atom. The highest BCUT2D eigenvalue weighted by Crippen LogP contribution is 2.25. The van der Waals surface area contributed by atoms with Crippen molar-refractivity contribution in [2.45, 2.75) is 33.1 Å². The van der Waals surface area contributed by atoms with Crippen LogP contribution in [-0.4, -0.2) is 35.4 Å². The average Bonchev–Trinajstić information content (AvgIpc) is 2.53. The van der Waals surface area contributed by atoms with E-state index in [1.165, 1.54) is 12.1 Å². The molecular weight excluding hydrogens is 284 g/mol. The Morgan fingerprint density at radius 1 is 1.41 bits per heavy atom. The summed E-state index contributed by atoms with van der Waals surface area (Å²) in [5.41, 5.74) is 0.851. The van der Waals surface area contributed by atoms with Crippen LogP contribution in [0, 0.1) is 23.0 Å². The van der Waals surface area contributed by atoms with Crippen molar-refractivity contribution in [2.75, 3.05) is 19.7 Å². The zero-order valence-electron chi connectivity index (χ0n) is 13.1. The summed E-state index contributed by atoms with van der Waals surface area (Å²) in [5, 5.41) is 10.7. The van der Waals surface area contributed by atoms with E-state index in [4.69, 9.17) is 4.74 Å². The molecule has 1 aromatic rings. The number of piperidine rings is 1. The lowest BCUT2D eigenvalue weighted by Crippen LogP contribution is -2.39. The summed E-state index contributed by atoms with van der Waals surface area (Å²) in [7, 11) is 0. The summed E-state index contributed by atoms with van der Waals surface area (Å²) in [6, 6.07) is 4.64. The topological polar surface area (TPSA) is 72.7 Å². The molecule has 6 nitrogen and oxygen atoms in total. The lowest BCUT2D eigenvalue weighted by Gasteiger charge is -2.31.